The van der Waals surface area contributed by atoms with Crippen molar-refractivity contribution in [3.05, 3.63) is 18.2 Å². The summed E-state index contributed by atoms with van der Waals surface area (Å²) in [5.41, 5.74) is 6.19. The van der Waals surface area contributed by atoms with Gasteiger partial charge in [-0.25, -0.2) is 0 Å². The van der Waals surface area contributed by atoms with E-state index in [1.165, 1.54) is 7.11 Å². The lowest BCUT2D eigenvalue weighted by atomic mass is 10.3. The van der Waals surface area contributed by atoms with Gasteiger partial charge < -0.3 is 19.9 Å². The van der Waals surface area contributed by atoms with Gasteiger partial charge in [0.05, 0.1) is 32.9 Å². The lowest BCUT2D eigenvalue weighted by molar-refractivity contribution is -0.141. The van der Waals surface area contributed by atoms with E-state index in [1.54, 1.807) is 25.3 Å². The number of methoxy groups -OCH3 is 2. The molecule has 0 aliphatic rings. The van der Waals surface area contributed by atoms with Crippen LogP contribution in [0, 0.1) is 0 Å². The van der Waals surface area contributed by atoms with Gasteiger partial charge in [-0.2, -0.15) is 0 Å². The Morgan fingerprint density at radius 2 is 2.12 bits per heavy atom. The van der Waals surface area contributed by atoms with Crippen LogP contribution in [0.25, 0.3) is 0 Å². The first kappa shape index (κ1) is 12.2. The number of esters is 1. The van der Waals surface area contributed by atoms with E-state index < -0.39 is 0 Å². The minimum absolute atomic E-state index is 0.211. The summed E-state index contributed by atoms with van der Waals surface area (Å²) in [4.78, 5) is 10.8. The Morgan fingerprint density at radius 1 is 1.38 bits per heavy atom. The second-order valence-corrected chi connectivity index (χ2v) is 3.08. The van der Waals surface area contributed by atoms with Gasteiger partial charge in [-0.1, -0.05) is 0 Å². The number of rotatable bonds is 5. The Labute approximate surface area is 94.1 Å². The first-order chi connectivity index (χ1) is 7.67. The third kappa shape index (κ3) is 3.34. The van der Waals surface area contributed by atoms with Crippen LogP contribution in [0.4, 0.5) is 5.69 Å². The maximum absolute atomic E-state index is 10.8. The minimum atomic E-state index is -0.304. The maximum atomic E-state index is 10.8. The molecule has 16 heavy (non-hydrogen) atoms. The summed E-state index contributed by atoms with van der Waals surface area (Å²) in [6.07, 6.45) is 0.211. The second-order valence-electron chi connectivity index (χ2n) is 3.08. The molecule has 0 unspecified atom stereocenters. The molecular weight excluding hydrogens is 210 g/mol. The SMILES string of the molecule is COC(=O)CCOc1ccc(OC)c(N)c1. The fraction of sp³-hybridized carbons (Fsp3) is 0.364. The summed E-state index contributed by atoms with van der Waals surface area (Å²) < 4.78 is 14.8. The second kappa shape index (κ2) is 5.85. The van der Waals surface area contributed by atoms with Gasteiger partial charge >= 0.3 is 5.97 Å². The molecule has 0 atom stereocenters. The normalized spacial score (nSPS) is 9.62. The summed E-state index contributed by atoms with van der Waals surface area (Å²) in [5, 5.41) is 0. The molecule has 5 nitrogen and oxygen atoms in total. The Morgan fingerprint density at radius 3 is 2.69 bits per heavy atom. The maximum Gasteiger partial charge on any atom is 0.308 e. The highest BCUT2D eigenvalue weighted by Gasteiger charge is 2.03. The molecule has 0 saturated carbocycles. The standard InChI is InChI=1S/C11H15NO4/c1-14-10-4-3-8(7-9(10)12)16-6-5-11(13)15-2/h3-4,7H,5-6,12H2,1-2H3. The lowest BCUT2D eigenvalue weighted by Crippen LogP contribution is -2.07. The van der Waals surface area contributed by atoms with E-state index >= 15 is 0 Å². The zero-order valence-electron chi connectivity index (χ0n) is 9.36. The molecule has 0 spiro atoms. The lowest BCUT2D eigenvalue weighted by Gasteiger charge is -2.08. The molecule has 0 aromatic heterocycles. The molecule has 5 heteroatoms. The monoisotopic (exact) mass is 225 g/mol. The number of carbonyl (C=O) groups is 1. The van der Waals surface area contributed by atoms with Crippen molar-refractivity contribution >= 4 is 11.7 Å². The summed E-state index contributed by atoms with van der Waals surface area (Å²) in [6, 6.07) is 5.09. The van der Waals surface area contributed by atoms with Crippen LogP contribution in [-0.2, 0) is 9.53 Å². The zero-order valence-corrected chi connectivity index (χ0v) is 9.36. The number of benzene rings is 1. The largest absolute Gasteiger partial charge is 0.495 e. The predicted molar refractivity (Wildman–Crippen MR) is 59.5 cm³/mol. The zero-order chi connectivity index (χ0) is 12.0. The van der Waals surface area contributed by atoms with Crippen molar-refractivity contribution in [1.82, 2.24) is 0 Å². The molecule has 0 heterocycles. The summed E-state index contributed by atoms with van der Waals surface area (Å²) >= 11 is 0. The van der Waals surface area contributed by atoms with Gasteiger partial charge in [0, 0.05) is 6.07 Å². The molecule has 0 saturated heterocycles. The van der Waals surface area contributed by atoms with Gasteiger partial charge in [-0.15, -0.1) is 0 Å². The Balaban J connectivity index is 2.49. The van der Waals surface area contributed by atoms with Crippen LogP contribution in [0.2, 0.25) is 0 Å². The molecule has 2 N–H and O–H groups in total. The molecule has 1 aromatic carbocycles. The Hall–Kier alpha value is -1.91. The Kier molecular flexibility index (Phi) is 4.44. The van der Waals surface area contributed by atoms with Gasteiger partial charge in [-0.3, -0.25) is 4.79 Å². The van der Waals surface area contributed by atoms with Gasteiger partial charge in [0.25, 0.3) is 0 Å². The smallest absolute Gasteiger partial charge is 0.308 e. The molecule has 0 amide bonds. The third-order valence-corrected chi connectivity index (χ3v) is 2.00. The predicted octanol–water partition coefficient (Wildman–Crippen LogP) is 1.22. The Bertz CT molecular complexity index is 365. The fourth-order valence-electron chi connectivity index (χ4n) is 1.16. The van der Waals surface area contributed by atoms with Crippen LogP contribution in [-0.4, -0.2) is 26.8 Å². The minimum Gasteiger partial charge on any atom is -0.495 e. The summed E-state index contributed by atoms with van der Waals surface area (Å²) in [7, 11) is 2.89. The van der Waals surface area contributed by atoms with Crippen molar-refractivity contribution in [2.75, 3.05) is 26.6 Å². The number of hydrogen-bond donors (Lipinski definition) is 1. The fourth-order valence-corrected chi connectivity index (χ4v) is 1.16. The molecule has 1 aromatic rings. The van der Waals surface area contributed by atoms with Crippen molar-refractivity contribution in [2.24, 2.45) is 0 Å². The number of hydrogen-bond acceptors (Lipinski definition) is 5. The van der Waals surface area contributed by atoms with Crippen LogP contribution >= 0.6 is 0 Å². The van der Waals surface area contributed by atoms with Gasteiger partial charge in [0.2, 0.25) is 0 Å². The van der Waals surface area contributed by atoms with Gasteiger partial charge in [0.15, 0.2) is 0 Å². The highest BCUT2D eigenvalue weighted by molar-refractivity contribution is 5.69. The first-order valence-electron chi connectivity index (χ1n) is 4.80. The molecule has 0 fully saturated rings. The number of ether oxygens (including phenoxy) is 3. The number of carbonyl (C=O) groups excluding carboxylic acids is 1. The molecule has 0 radical (unpaired) electrons. The highest BCUT2D eigenvalue weighted by Crippen LogP contribution is 2.25. The van der Waals surface area contributed by atoms with E-state index in [9.17, 15) is 4.79 Å². The van der Waals surface area contributed by atoms with Crippen LogP contribution in [0.3, 0.4) is 0 Å². The molecule has 1 rings (SSSR count). The van der Waals surface area contributed by atoms with Crippen molar-refractivity contribution in [3.8, 4) is 11.5 Å². The molecule has 0 bridgehead atoms. The van der Waals surface area contributed by atoms with Gasteiger partial charge in [-0.05, 0) is 12.1 Å². The van der Waals surface area contributed by atoms with E-state index in [1.807, 2.05) is 0 Å². The first-order valence-corrected chi connectivity index (χ1v) is 4.80. The average Bonchev–Trinajstić information content (AvgIpc) is 2.29. The third-order valence-electron chi connectivity index (χ3n) is 2.00. The number of anilines is 1. The van der Waals surface area contributed by atoms with Crippen LogP contribution in [0.15, 0.2) is 18.2 Å². The van der Waals surface area contributed by atoms with Crippen LogP contribution in [0.5, 0.6) is 11.5 Å². The average molecular weight is 225 g/mol. The summed E-state index contributed by atoms with van der Waals surface area (Å²) in [5.74, 6) is 0.893. The molecule has 88 valence electrons. The van der Waals surface area contributed by atoms with E-state index in [2.05, 4.69) is 4.74 Å². The number of nitrogens with two attached hydrogens (primary N) is 1. The quantitative estimate of drug-likeness (QED) is 0.602. The van der Waals surface area contributed by atoms with Crippen molar-refractivity contribution in [2.45, 2.75) is 6.42 Å². The van der Waals surface area contributed by atoms with Gasteiger partial charge in [0.1, 0.15) is 11.5 Å². The number of nitrogen functional groups attached to an aromatic ring is 1. The van der Waals surface area contributed by atoms with Crippen LogP contribution in [0.1, 0.15) is 6.42 Å². The highest BCUT2D eigenvalue weighted by atomic mass is 16.5. The molecule has 0 aliphatic heterocycles. The van der Waals surface area contributed by atoms with E-state index in [4.69, 9.17) is 15.2 Å². The van der Waals surface area contributed by atoms with Crippen molar-refractivity contribution in [3.63, 3.8) is 0 Å². The molecule has 0 aliphatic carbocycles. The van der Waals surface area contributed by atoms with E-state index in [-0.39, 0.29) is 19.0 Å². The summed E-state index contributed by atoms with van der Waals surface area (Å²) in [6.45, 7) is 0.262. The van der Waals surface area contributed by atoms with Crippen molar-refractivity contribution in [1.29, 1.82) is 0 Å². The topological polar surface area (TPSA) is 70.8 Å². The van der Waals surface area contributed by atoms with E-state index in [0.717, 1.165) is 0 Å². The van der Waals surface area contributed by atoms with E-state index in [0.29, 0.717) is 17.2 Å². The van der Waals surface area contributed by atoms with Crippen LogP contribution < -0.4 is 15.2 Å². The molecular formula is C11H15NO4. The van der Waals surface area contributed by atoms with Crippen molar-refractivity contribution < 1.29 is 19.0 Å².